The summed E-state index contributed by atoms with van der Waals surface area (Å²) in [6.45, 7) is 4.87. The van der Waals surface area contributed by atoms with E-state index in [0.717, 1.165) is 16.9 Å². The van der Waals surface area contributed by atoms with E-state index in [-0.39, 0.29) is 17.0 Å². The van der Waals surface area contributed by atoms with E-state index >= 15 is 0 Å². The Hall–Kier alpha value is -2.58. The maximum Gasteiger partial charge on any atom is 0.315 e. The molecule has 0 bridgehead atoms. The molecule has 0 saturated carbocycles. The standard InChI is InChI=1S/C19H25N3O4S/c1-3-26-17-8-6-16(7-9-17)14(2)22-19(23)21-13-12-15-4-10-18(11-5-15)27(20,24)25/h4-11,14H,3,12-13H2,1-2H3,(H2,20,24,25)(H2,21,22,23)/t14-/m1/s1. The fourth-order valence-electron chi connectivity index (χ4n) is 2.52. The number of primary sulfonamides is 1. The quantitative estimate of drug-likeness (QED) is 0.641. The van der Waals surface area contributed by atoms with E-state index in [1.807, 2.05) is 38.1 Å². The van der Waals surface area contributed by atoms with Gasteiger partial charge in [-0.3, -0.25) is 0 Å². The van der Waals surface area contributed by atoms with Crippen molar-refractivity contribution >= 4 is 16.1 Å². The third-order valence-electron chi connectivity index (χ3n) is 3.99. The number of amides is 2. The SMILES string of the molecule is CCOc1ccc([C@@H](C)NC(=O)NCCc2ccc(S(N)(=O)=O)cc2)cc1. The molecule has 0 radical (unpaired) electrons. The van der Waals surface area contributed by atoms with Crippen molar-refractivity contribution in [1.29, 1.82) is 0 Å². The molecule has 2 amide bonds. The molecular weight excluding hydrogens is 366 g/mol. The summed E-state index contributed by atoms with van der Waals surface area (Å²) < 4.78 is 27.9. The molecule has 0 unspecified atom stereocenters. The molecule has 0 saturated heterocycles. The Morgan fingerprint density at radius 2 is 1.74 bits per heavy atom. The number of hydrogen-bond acceptors (Lipinski definition) is 4. The number of benzene rings is 2. The zero-order valence-electron chi connectivity index (χ0n) is 15.4. The molecule has 2 rings (SSSR count). The number of nitrogens with one attached hydrogen (secondary N) is 2. The lowest BCUT2D eigenvalue weighted by molar-refractivity contribution is 0.238. The Bertz CT molecular complexity index is 850. The number of carbonyl (C=O) groups is 1. The summed E-state index contributed by atoms with van der Waals surface area (Å²) in [6.07, 6.45) is 0.579. The van der Waals surface area contributed by atoms with Crippen LogP contribution in [-0.2, 0) is 16.4 Å². The smallest absolute Gasteiger partial charge is 0.315 e. The predicted octanol–water partition coefficient (Wildman–Crippen LogP) is 2.34. The van der Waals surface area contributed by atoms with Gasteiger partial charge >= 0.3 is 6.03 Å². The monoisotopic (exact) mass is 391 g/mol. The van der Waals surface area contributed by atoms with Crippen LogP contribution < -0.4 is 20.5 Å². The van der Waals surface area contributed by atoms with Crippen LogP contribution in [0.5, 0.6) is 5.75 Å². The summed E-state index contributed by atoms with van der Waals surface area (Å²) in [5.41, 5.74) is 1.88. The van der Waals surface area contributed by atoms with Crippen molar-refractivity contribution in [2.24, 2.45) is 5.14 Å². The van der Waals surface area contributed by atoms with Crippen LogP contribution in [0.25, 0.3) is 0 Å². The minimum Gasteiger partial charge on any atom is -0.494 e. The van der Waals surface area contributed by atoms with Crippen LogP contribution in [0.1, 0.15) is 31.0 Å². The second kappa shape index (κ2) is 9.38. The van der Waals surface area contributed by atoms with E-state index in [2.05, 4.69) is 10.6 Å². The summed E-state index contributed by atoms with van der Waals surface area (Å²) in [4.78, 5) is 12.1. The van der Waals surface area contributed by atoms with Crippen LogP contribution >= 0.6 is 0 Å². The van der Waals surface area contributed by atoms with Crippen molar-refractivity contribution < 1.29 is 17.9 Å². The van der Waals surface area contributed by atoms with E-state index in [4.69, 9.17) is 9.88 Å². The molecule has 0 spiro atoms. The topological polar surface area (TPSA) is 111 Å². The first kappa shape index (κ1) is 20.7. The predicted molar refractivity (Wildman–Crippen MR) is 104 cm³/mol. The first-order valence-electron chi connectivity index (χ1n) is 8.68. The highest BCUT2D eigenvalue weighted by Crippen LogP contribution is 2.17. The zero-order valence-corrected chi connectivity index (χ0v) is 16.3. The maximum absolute atomic E-state index is 12.0. The highest BCUT2D eigenvalue weighted by molar-refractivity contribution is 7.89. The number of ether oxygens (including phenoxy) is 1. The number of carbonyl (C=O) groups excluding carboxylic acids is 1. The second-order valence-electron chi connectivity index (χ2n) is 6.06. The van der Waals surface area contributed by atoms with Crippen LogP contribution in [0.4, 0.5) is 4.79 Å². The lowest BCUT2D eigenvalue weighted by Gasteiger charge is -2.15. The lowest BCUT2D eigenvalue weighted by atomic mass is 10.1. The van der Waals surface area contributed by atoms with Gasteiger partial charge in [0.15, 0.2) is 0 Å². The number of nitrogens with two attached hydrogens (primary N) is 1. The van der Waals surface area contributed by atoms with Gasteiger partial charge in [-0.05, 0) is 55.7 Å². The van der Waals surface area contributed by atoms with Gasteiger partial charge in [0.2, 0.25) is 10.0 Å². The van der Waals surface area contributed by atoms with Crippen LogP contribution in [-0.4, -0.2) is 27.6 Å². The first-order chi connectivity index (χ1) is 12.8. The molecule has 0 aliphatic carbocycles. The molecule has 0 heterocycles. The minimum absolute atomic E-state index is 0.0705. The third-order valence-corrected chi connectivity index (χ3v) is 4.92. The Kier molecular flexibility index (Phi) is 7.20. The fraction of sp³-hybridized carbons (Fsp3) is 0.316. The number of sulfonamides is 1. The van der Waals surface area contributed by atoms with Gasteiger partial charge in [0.05, 0.1) is 17.5 Å². The van der Waals surface area contributed by atoms with E-state index in [1.54, 1.807) is 12.1 Å². The molecule has 146 valence electrons. The summed E-state index contributed by atoms with van der Waals surface area (Å²) in [7, 11) is -3.69. The Morgan fingerprint density at radius 3 is 2.30 bits per heavy atom. The molecule has 7 nitrogen and oxygen atoms in total. The molecule has 0 aliphatic heterocycles. The molecule has 2 aromatic carbocycles. The van der Waals surface area contributed by atoms with E-state index < -0.39 is 10.0 Å². The van der Waals surface area contributed by atoms with Gasteiger partial charge in [-0.2, -0.15) is 0 Å². The van der Waals surface area contributed by atoms with Gasteiger partial charge in [0.25, 0.3) is 0 Å². The summed E-state index contributed by atoms with van der Waals surface area (Å²) in [6, 6.07) is 13.5. The molecule has 8 heteroatoms. The Morgan fingerprint density at radius 1 is 1.11 bits per heavy atom. The van der Waals surface area contributed by atoms with Crippen LogP contribution in [0.15, 0.2) is 53.4 Å². The molecule has 2 aromatic rings. The lowest BCUT2D eigenvalue weighted by Crippen LogP contribution is -2.38. The van der Waals surface area contributed by atoms with Gasteiger partial charge in [-0.15, -0.1) is 0 Å². The second-order valence-corrected chi connectivity index (χ2v) is 7.62. The average molecular weight is 391 g/mol. The molecular formula is C19H25N3O4S. The van der Waals surface area contributed by atoms with E-state index in [0.29, 0.717) is 19.6 Å². The van der Waals surface area contributed by atoms with E-state index in [9.17, 15) is 13.2 Å². The van der Waals surface area contributed by atoms with Crippen LogP contribution in [0.2, 0.25) is 0 Å². The highest BCUT2D eigenvalue weighted by atomic mass is 32.2. The maximum atomic E-state index is 12.0. The molecule has 0 aliphatic rings. The van der Waals surface area contributed by atoms with Crippen LogP contribution in [0.3, 0.4) is 0 Å². The van der Waals surface area contributed by atoms with Crippen molar-refractivity contribution in [3.05, 3.63) is 59.7 Å². The van der Waals surface area contributed by atoms with Gasteiger partial charge < -0.3 is 15.4 Å². The summed E-state index contributed by atoms with van der Waals surface area (Å²) in [5, 5.41) is 10.7. The van der Waals surface area contributed by atoms with E-state index in [1.165, 1.54) is 12.1 Å². The fourth-order valence-corrected chi connectivity index (χ4v) is 3.03. The molecule has 0 aromatic heterocycles. The summed E-state index contributed by atoms with van der Waals surface area (Å²) in [5.74, 6) is 0.798. The number of rotatable bonds is 8. The zero-order chi connectivity index (χ0) is 19.9. The molecule has 27 heavy (non-hydrogen) atoms. The van der Waals surface area contributed by atoms with Crippen molar-refractivity contribution in [3.8, 4) is 5.75 Å². The van der Waals surface area contributed by atoms with Crippen molar-refractivity contribution in [1.82, 2.24) is 10.6 Å². The van der Waals surface area contributed by atoms with Gasteiger partial charge in [-0.1, -0.05) is 24.3 Å². The molecule has 4 N–H and O–H groups in total. The number of hydrogen-bond donors (Lipinski definition) is 3. The van der Waals surface area contributed by atoms with Gasteiger partial charge in [0, 0.05) is 6.54 Å². The normalized spacial score (nSPS) is 12.3. The van der Waals surface area contributed by atoms with Gasteiger partial charge in [-0.25, -0.2) is 18.4 Å². The highest BCUT2D eigenvalue weighted by Gasteiger charge is 2.10. The van der Waals surface area contributed by atoms with Crippen molar-refractivity contribution in [2.75, 3.05) is 13.2 Å². The molecule has 1 atom stereocenters. The molecule has 0 fully saturated rings. The van der Waals surface area contributed by atoms with Crippen molar-refractivity contribution in [2.45, 2.75) is 31.2 Å². The Balaban J connectivity index is 1.78. The van der Waals surface area contributed by atoms with Crippen molar-refractivity contribution in [3.63, 3.8) is 0 Å². The summed E-state index contributed by atoms with van der Waals surface area (Å²) >= 11 is 0. The largest absolute Gasteiger partial charge is 0.494 e. The Labute approximate surface area is 160 Å². The first-order valence-corrected chi connectivity index (χ1v) is 10.2. The average Bonchev–Trinajstić information content (AvgIpc) is 2.62. The van der Waals surface area contributed by atoms with Gasteiger partial charge in [0.1, 0.15) is 5.75 Å². The third kappa shape index (κ3) is 6.58. The van der Waals surface area contributed by atoms with Crippen LogP contribution in [0, 0.1) is 0 Å². The number of urea groups is 1. The minimum atomic E-state index is -3.69.